The molecule has 2 heteroatoms. The van der Waals surface area contributed by atoms with Gasteiger partial charge in [0.15, 0.2) is 0 Å². The minimum Gasteiger partial charge on any atom is -0.388 e. The van der Waals surface area contributed by atoms with Crippen LogP contribution in [0.4, 0.5) is 5.69 Å². The molecule has 1 atom stereocenters. The van der Waals surface area contributed by atoms with E-state index < -0.39 is 0 Å². The zero-order valence-electron chi connectivity index (χ0n) is 11.3. The van der Waals surface area contributed by atoms with Gasteiger partial charge in [-0.05, 0) is 19.1 Å². The molecule has 0 aliphatic carbocycles. The summed E-state index contributed by atoms with van der Waals surface area (Å²) in [5.41, 5.74) is 2.80. The van der Waals surface area contributed by atoms with E-state index in [0.717, 1.165) is 17.0 Å². The standard InChI is InChI=1S/C16H20N2/c1-6-10-16(13(2)14(3)17-4)18(5)15-11-8-7-9-12-15/h7-9,11-12,16-17H,2-3H2,1,4-5H3. The number of benzene rings is 1. The Labute approximate surface area is 110 Å². The van der Waals surface area contributed by atoms with Crippen LogP contribution in [0, 0.1) is 11.8 Å². The molecule has 0 saturated heterocycles. The quantitative estimate of drug-likeness (QED) is 0.629. The molecule has 2 nitrogen and oxygen atoms in total. The van der Waals surface area contributed by atoms with Gasteiger partial charge in [0.2, 0.25) is 0 Å². The van der Waals surface area contributed by atoms with Crippen molar-refractivity contribution >= 4 is 5.69 Å². The summed E-state index contributed by atoms with van der Waals surface area (Å²) in [7, 11) is 3.85. The Morgan fingerprint density at radius 1 is 1.28 bits per heavy atom. The van der Waals surface area contributed by atoms with Crippen molar-refractivity contribution in [2.24, 2.45) is 0 Å². The molecule has 0 aliphatic heterocycles. The number of nitrogens with one attached hydrogen (secondary N) is 1. The third-order valence-electron chi connectivity index (χ3n) is 2.85. The molecule has 94 valence electrons. The lowest BCUT2D eigenvalue weighted by atomic mass is 10.0. The molecule has 0 heterocycles. The van der Waals surface area contributed by atoms with E-state index >= 15 is 0 Å². The predicted molar refractivity (Wildman–Crippen MR) is 79.4 cm³/mol. The second-order valence-electron chi connectivity index (χ2n) is 4.00. The van der Waals surface area contributed by atoms with Gasteiger partial charge < -0.3 is 10.2 Å². The Morgan fingerprint density at radius 3 is 2.39 bits per heavy atom. The number of hydrogen-bond donors (Lipinski definition) is 1. The number of nitrogens with zero attached hydrogens (tertiary/aromatic N) is 1. The van der Waals surface area contributed by atoms with Crippen molar-refractivity contribution in [2.75, 3.05) is 19.0 Å². The number of hydrogen-bond acceptors (Lipinski definition) is 2. The fourth-order valence-electron chi connectivity index (χ4n) is 1.69. The van der Waals surface area contributed by atoms with Gasteiger partial charge in [-0.2, -0.15) is 0 Å². The summed E-state index contributed by atoms with van der Waals surface area (Å²) in [6.45, 7) is 9.87. The maximum atomic E-state index is 4.08. The van der Waals surface area contributed by atoms with Crippen LogP contribution in [0.1, 0.15) is 6.92 Å². The maximum Gasteiger partial charge on any atom is 0.117 e. The van der Waals surface area contributed by atoms with Crippen molar-refractivity contribution in [3.63, 3.8) is 0 Å². The second-order valence-corrected chi connectivity index (χ2v) is 4.00. The van der Waals surface area contributed by atoms with Crippen LogP contribution in [-0.2, 0) is 0 Å². The minimum atomic E-state index is -0.0719. The molecule has 1 aromatic carbocycles. The molecular weight excluding hydrogens is 220 g/mol. The molecule has 1 unspecified atom stereocenters. The van der Waals surface area contributed by atoms with Crippen molar-refractivity contribution in [1.82, 2.24) is 5.32 Å². The van der Waals surface area contributed by atoms with Crippen LogP contribution < -0.4 is 10.2 Å². The van der Waals surface area contributed by atoms with Gasteiger partial charge in [0.05, 0.1) is 0 Å². The molecule has 0 radical (unpaired) electrons. The van der Waals surface area contributed by atoms with Crippen molar-refractivity contribution in [3.05, 3.63) is 54.8 Å². The molecule has 0 amide bonds. The number of likely N-dealkylation sites (N-methyl/N-ethyl adjacent to an activating group) is 2. The van der Waals surface area contributed by atoms with Gasteiger partial charge in [-0.3, -0.25) is 0 Å². The monoisotopic (exact) mass is 240 g/mol. The van der Waals surface area contributed by atoms with E-state index in [1.807, 2.05) is 39.2 Å². The van der Waals surface area contributed by atoms with Gasteiger partial charge in [0.1, 0.15) is 6.04 Å². The summed E-state index contributed by atoms with van der Waals surface area (Å²) in [6.07, 6.45) is 0. The molecule has 18 heavy (non-hydrogen) atoms. The Morgan fingerprint density at radius 2 is 1.89 bits per heavy atom. The van der Waals surface area contributed by atoms with Crippen LogP contribution in [0.2, 0.25) is 0 Å². The molecule has 0 saturated carbocycles. The third-order valence-corrected chi connectivity index (χ3v) is 2.85. The lowest BCUT2D eigenvalue weighted by Gasteiger charge is -2.28. The largest absolute Gasteiger partial charge is 0.388 e. The highest BCUT2D eigenvalue weighted by atomic mass is 15.1. The highest BCUT2D eigenvalue weighted by Gasteiger charge is 2.17. The molecular formula is C16H20N2. The lowest BCUT2D eigenvalue weighted by molar-refractivity contribution is 0.848. The molecule has 1 aromatic rings. The van der Waals surface area contributed by atoms with Gasteiger partial charge >= 0.3 is 0 Å². The molecule has 0 aromatic heterocycles. The zero-order chi connectivity index (χ0) is 13.5. The minimum absolute atomic E-state index is 0.0719. The molecule has 0 spiro atoms. The zero-order valence-corrected chi connectivity index (χ0v) is 11.3. The van der Waals surface area contributed by atoms with Gasteiger partial charge in [-0.1, -0.05) is 37.3 Å². The normalized spacial score (nSPS) is 10.8. The Balaban J connectivity index is 3.02. The first kappa shape index (κ1) is 13.9. The topological polar surface area (TPSA) is 15.3 Å². The summed E-state index contributed by atoms with van der Waals surface area (Å²) in [5.74, 6) is 6.13. The van der Waals surface area contributed by atoms with Gasteiger partial charge in [-0.15, -0.1) is 5.92 Å². The number of anilines is 1. The molecule has 0 fully saturated rings. The van der Waals surface area contributed by atoms with Crippen molar-refractivity contribution < 1.29 is 0 Å². The van der Waals surface area contributed by atoms with Crippen LogP contribution in [0.3, 0.4) is 0 Å². The third kappa shape index (κ3) is 3.18. The van der Waals surface area contributed by atoms with E-state index in [1.54, 1.807) is 0 Å². The van der Waals surface area contributed by atoms with Crippen LogP contribution in [0.15, 0.2) is 54.8 Å². The van der Waals surface area contributed by atoms with Crippen LogP contribution in [0.25, 0.3) is 0 Å². The van der Waals surface area contributed by atoms with E-state index in [4.69, 9.17) is 0 Å². The fraction of sp³-hybridized carbons (Fsp3) is 0.250. The van der Waals surface area contributed by atoms with E-state index in [9.17, 15) is 0 Å². The maximum absolute atomic E-state index is 4.08. The summed E-state index contributed by atoms with van der Waals surface area (Å²) in [4.78, 5) is 2.10. The average molecular weight is 240 g/mol. The fourth-order valence-corrected chi connectivity index (χ4v) is 1.69. The predicted octanol–water partition coefficient (Wildman–Crippen LogP) is 2.80. The van der Waals surface area contributed by atoms with E-state index in [1.165, 1.54) is 0 Å². The van der Waals surface area contributed by atoms with E-state index in [0.29, 0.717) is 0 Å². The highest BCUT2D eigenvalue weighted by Crippen LogP contribution is 2.20. The molecule has 0 aliphatic rings. The Kier molecular flexibility index (Phi) is 5.07. The van der Waals surface area contributed by atoms with Gasteiger partial charge in [-0.25, -0.2) is 0 Å². The van der Waals surface area contributed by atoms with E-state index in [2.05, 4.69) is 47.3 Å². The number of para-hydroxylation sites is 1. The Bertz CT molecular complexity index is 477. The van der Waals surface area contributed by atoms with Crippen molar-refractivity contribution in [2.45, 2.75) is 13.0 Å². The van der Waals surface area contributed by atoms with Crippen LogP contribution in [0.5, 0.6) is 0 Å². The smallest absolute Gasteiger partial charge is 0.117 e. The first-order chi connectivity index (χ1) is 8.61. The summed E-state index contributed by atoms with van der Waals surface area (Å²) < 4.78 is 0. The lowest BCUT2D eigenvalue weighted by Crippen LogP contribution is -2.33. The van der Waals surface area contributed by atoms with Crippen LogP contribution >= 0.6 is 0 Å². The first-order valence-electron chi connectivity index (χ1n) is 5.87. The first-order valence-corrected chi connectivity index (χ1v) is 5.87. The second kappa shape index (κ2) is 6.56. The summed E-state index contributed by atoms with van der Waals surface area (Å²) in [6, 6.07) is 10.1. The van der Waals surface area contributed by atoms with Crippen molar-refractivity contribution in [1.29, 1.82) is 0 Å². The molecule has 0 bridgehead atoms. The molecule has 1 N–H and O–H groups in total. The summed E-state index contributed by atoms with van der Waals surface area (Å²) >= 11 is 0. The van der Waals surface area contributed by atoms with Crippen molar-refractivity contribution in [3.8, 4) is 11.8 Å². The van der Waals surface area contributed by atoms with Gasteiger partial charge in [0, 0.05) is 31.1 Å². The van der Waals surface area contributed by atoms with Gasteiger partial charge in [0.25, 0.3) is 0 Å². The van der Waals surface area contributed by atoms with Crippen LogP contribution in [-0.4, -0.2) is 20.1 Å². The summed E-state index contributed by atoms with van der Waals surface area (Å²) in [5, 5.41) is 3.02. The SMILES string of the molecule is C=C(NC)C(=C)C(C#CC)N(C)c1ccccc1. The van der Waals surface area contributed by atoms with E-state index in [-0.39, 0.29) is 6.04 Å². The highest BCUT2D eigenvalue weighted by molar-refractivity contribution is 5.53. The molecule has 1 rings (SSSR count). The average Bonchev–Trinajstić information content (AvgIpc) is 2.43. The Hall–Kier alpha value is -2.14. The number of rotatable bonds is 5.